The number of benzene rings is 1. The van der Waals surface area contributed by atoms with E-state index in [4.69, 9.17) is 0 Å². The Balaban J connectivity index is 1.47. The molecule has 6 heteroatoms. The number of thiazole rings is 1. The van der Waals surface area contributed by atoms with Gasteiger partial charge in [0.1, 0.15) is 11.0 Å². The summed E-state index contributed by atoms with van der Waals surface area (Å²) in [5.41, 5.74) is 2.16. The predicted molar refractivity (Wildman–Crippen MR) is 114 cm³/mol. The number of aliphatic hydroxyl groups is 1. The van der Waals surface area contributed by atoms with Gasteiger partial charge in [-0.05, 0) is 31.4 Å². The molecule has 0 bridgehead atoms. The second kappa shape index (κ2) is 10.7. The van der Waals surface area contributed by atoms with Gasteiger partial charge in [-0.1, -0.05) is 56.9 Å². The van der Waals surface area contributed by atoms with Crippen LogP contribution in [0.2, 0.25) is 0 Å². The molecular weight excluding hydrogens is 370 g/mol. The number of hydrogen-bond donors (Lipinski definition) is 3. The number of aromatic nitrogens is 1. The molecular formula is C22H31N3O2S. The highest BCUT2D eigenvalue weighted by molar-refractivity contribution is 7.15. The number of rotatable bonds is 10. The molecule has 28 heavy (non-hydrogen) atoms. The highest BCUT2D eigenvalue weighted by atomic mass is 32.1. The second-order valence-electron chi connectivity index (χ2n) is 7.50. The number of carbonyl (C=O) groups is 1. The van der Waals surface area contributed by atoms with Gasteiger partial charge >= 0.3 is 0 Å². The third kappa shape index (κ3) is 5.87. The molecule has 1 fully saturated rings. The molecule has 3 rings (SSSR count). The third-order valence-corrected chi connectivity index (χ3v) is 6.33. The maximum atomic E-state index is 12.1. The molecule has 1 aliphatic heterocycles. The number of carbonyl (C=O) groups excluding carboxylic acids is 1. The van der Waals surface area contributed by atoms with E-state index >= 15 is 0 Å². The largest absolute Gasteiger partial charge is 0.391 e. The van der Waals surface area contributed by atoms with E-state index in [0.717, 1.165) is 22.6 Å². The van der Waals surface area contributed by atoms with Crippen molar-refractivity contribution >= 4 is 17.2 Å². The Morgan fingerprint density at radius 1 is 1.25 bits per heavy atom. The van der Waals surface area contributed by atoms with Crippen molar-refractivity contribution in [3.8, 4) is 10.6 Å². The first kappa shape index (κ1) is 21.0. The summed E-state index contributed by atoms with van der Waals surface area (Å²) in [5, 5.41) is 16.8. The number of unbranched alkanes of at least 4 members (excludes halogenated alkanes) is 4. The molecule has 1 saturated heterocycles. The first-order chi connectivity index (χ1) is 13.7. The zero-order valence-corrected chi connectivity index (χ0v) is 17.4. The third-order valence-electron chi connectivity index (χ3n) is 5.22. The van der Waals surface area contributed by atoms with E-state index in [1.54, 1.807) is 11.3 Å². The van der Waals surface area contributed by atoms with Crippen LogP contribution in [0.15, 0.2) is 30.5 Å². The number of amides is 1. The van der Waals surface area contributed by atoms with Crippen molar-refractivity contribution in [1.82, 2.24) is 15.6 Å². The monoisotopic (exact) mass is 401 g/mol. The SMILES string of the molecule is CCCCCCCc1cnc(-c2ccc(CNC(=O)[C@H]3NCC[C@@H]3O)cc2)s1. The standard InChI is InChI=1S/C22H31N3O2S/c1-2-3-4-5-6-7-18-15-25-22(28-18)17-10-8-16(9-11-17)14-24-21(27)20-19(26)12-13-23-20/h8-11,15,19-20,23,26H,2-7,12-14H2,1H3,(H,24,27)/t19-,20-/m0/s1. The fourth-order valence-corrected chi connectivity index (χ4v) is 4.44. The van der Waals surface area contributed by atoms with Crippen LogP contribution in [0.25, 0.3) is 10.6 Å². The summed E-state index contributed by atoms with van der Waals surface area (Å²) in [7, 11) is 0. The highest BCUT2D eigenvalue weighted by Crippen LogP contribution is 2.26. The smallest absolute Gasteiger partial charge is 0.240 e. The van der Waals surface area contributed by atoms with Crippen LogP contribution in [-0.4, -0.2) is 34.7 Å². The molecule has 2 heterocycles. The van der Waals surface area contributed by atoms with Crippen LogP contribution < -0.4 is 10.6 Å². The summed E-state index contributed by atoms with van der Waals surface area (Å²) in [5.74, 6) is -0.141. The van der Waals surface area contributed by atoms with Crippen molar-refractivity contribution < 1.29 is 9.90 Å². The predicted octanol–water partition coefficient (Wildman–Crippen LogP) is 3.66. The lowest BCUT2D eigenvalue weighted by Crippen LogP contribution is -2.45. The minimum absolute atomic E-state index is 0.141. The number of nitrogens with zero attached hydrogens (tertiary/aromatic N) is 1. The Bertz CT molecular complexity index is 744. The zero-order chi connectivity index (χ0) is 19.8. The lowest BCUT2D eigenvalue weighted by molar-refractivity contribution is -0.124. The summed E-state index contributed by atoms with van der Waals surface area (Å²) < 4.78 is 0. The molecule has 1 amide bonds. The van der Waals surface area contributed by atoms with Crippen LogP contribution in [0.5, 0.6) is 0 Å². The van der Waals surface area contributed by atoms with Crippen molar-refractivity contribution in [1.29, 1.82) is 0 Å². The van der Waals surface area contributed by atoms with Crippen LogP contribution >= 0.6 is 11.3 Å². The number of aryl methyl sites for hydroxylation is 1. The lowest BCUT2D eigenvalue weighted by atomic mass is 10.1. The van der Waals surface area contributed by atoms with E-state index in [1.165, 1.54) is 37.0 Å². The maximum absolute atomic E-state index is 12.1. The van der Waals surface area contributed by atoms with E-state index in [2.05, 4.69) is 34.7 Å². The van der Waals surface area contributed by atoms with Gasteiger partial charge in [0.2, 0.25) is 5.91 Å². The molecule has 5 nitrogen and oxygen atoms in total. The minimum Gasteiger partial charge on any atom is -0.391 e. The van der Waals surface area contributed by atoms with Crippen molar-refractivity contribution in [2.75, 3.05) is 6.54 Å². The van der Waals surface area contributed by atoms with Crippen molar-refractivity contribution in [2.24, 2.45) is 0 Å². The van der Waals surface area contributed by atoms with Gasteiger partial charge in [0.25, 0.3) is 0 Å². The Kier molecular flexibility index (Phi) is 8.01. The molecule has 0 unspecified atom stereocenters. The molecule has 2 aromatic rings. The van der Waals surface area contributed by atoms with Gasteiger partial charge < -0.3 is 15.7 Å². The summed E-state index contributed by atoms with van der Waals surface area (Å²) >= 11 is 1.77. The van der Waals surface area contributed by atoms with Gasteiger partial charge in [-0.2, -0.15) is 0 Å². The Morgan fingerprint density at radius 2 is 2.04 bits per heavy atom. The second-order valence-corrected chi connectivity index (χ2v) is 8.61. The van der Waals surface area contributed by atoms with Gasteiger partial charge in [0.05, 0.1) is 6.10 Å². The van der Waals surface area contributed by atoms with E-state index in [-0.39, 0.29) is 5.91 Å². The van der Waals surface area contributed by atoms with Gasteiger partial charge in [0, 0.05) is 23.2 Å². The Morgan fingerprint density at radius 3 is 2.75 bits per heavy atom. The summed E-state index contributed by atoms with van der Waals surface area (Å²) in [6, 6.07) is 7.69. The molecule has 1 aliphatic rings. The van der Waals surface area contributed by atoms with Crippen molar-refractivity contribution in [3.05, 3.63) is 40.9 Å². The molecule has 2 atom stereocenters. The summed E-state index contributed by atoms with van der Waals surface area (Å²) in [4.78, 5) is 18.1. The van der Waals surface area contributed by atoms with E-state index in [0.29, 0.717) is 19.5 Å². The molecule has 1 aromatic carbocycles. The topological polar surface area (TPSA) is 74.2 Å². The number of aliphatic hydroxyl groups excluding tert-OH is 1. The van der Waals surface area contributed by atoms with Crippen LogP contribution in [0, 0.1) is 0 Å². The number of nitrogens with one attached hydrogen (secondary N) is 2. The van der Waals surface area contributed by atoms with Gasteiger partial charge in [-0.25, -0.2) is 4.98 Å². The summed E-state index contributed by atoms with van der Waals surface area (Å²) in [6.45, 7) is 3.39. The van der Waals surface area contributed by atoms with E-state index < -0.39 is 12.1 Å². The van der Waals surface area contributed by atoms with Gasteiger partial charge in [-0.3, -0.25) is 4.79 Å². The van der Waals surface area contributed by atoms with Gasteiger partial charge in [0.15, 0.2) is 0 Å². The molecule has 0 aliphatic carbocycles. The normalized spacial score (nSPS) is 19.1. The fourth-order valence-electron chi connectivity index (χ4n) is 3.48. The highest BCUT2D eigenvalue weighted by Gasteiger charge is 2.30. The number of hydrogen-bond acceptors (Lipinski definition) is 5. The maximum Gasteiger partial charge on any atom is 0.240 e. The summed E-state index contributed by atoms with van der Waals surface area (Å²) in [6.07, 6.45) is 9.65. The lowest BCUT2D eigenvalue weighted by Gasteiger charge is -2.14. The molecule has 1 aromatic heterocycles. The first-order valence-electron chi connectivity index (χ1n) is 10.4. The minimum atomic E-state index is -0.590. The van der Waals surface area contributed by atoms with Crippen molar-refractivity contribution in [3.63, 3.8) is 0 Å². The average Bonchev–Trinajstić information content (AvgIpc) is 3.35. The van der Waals surface area contributed by atoms with E-state index in [9.17, 15) is 9.90 Å². The molecule has 3 N–H and O–H groups in total. The Labute approximate surface area is 171 Å². The van der Waals surface area contributed by atoms with Crippen LogP contribution in [0.4, 0.5) is 0 Å². The molecule has 0 radical (unpaired) electrons. The fraction of sp³-hybridized carbons (Fsp3) is 0.545. The van der Waals surface area contributed by atoms with Crippen LogP contribution in [0.3, 0.4) is 0 Å². The van der Waals surface area contributed by atoms with Crippen LogP contribution in [0.1, 0.15) is 55.9 Å². The van der Waals surface area contributed by atoms with Crippen LogP contribution in [-0.2, 0) is 17.8 Å². The molecule has 0 spiro atoms. The van der Waals surface area contributed by atoms with Crippen molar-refractivity contribution in [2.45, 2.75) is 70.6 Å². The zero-order valence-electron chi connectivity index (χ0n) is 16.6. The molecule has 152 valence electrons. The quantitative estimate of drug-likeness (QED) is 0.531. The van der Waals surface area contributed by atoms with E-state index in [1.807, 2.05) is 18.3 Å². The Hall–Kier alpha value is -1.76. The van der Waals surface area contributed by atoms with Gasteiger partial charge in [-0.15, -0.1) is 11.3 Å². The first-order valence-corrected chi connectivity index (χ1v) is 11.2. The average molecular weight is 402 g/mol. The molecule has 0 saturated carbocycles.